The lowest BCUT2D eigenvalue weighted by Gasteiger charge is -2.07. The van der Waals surface area contributed by atoms with Crippen molar-refractivity contribution in [3.63, 3.8) is 0 Å². The summed E-state index contributed by atoms with van der Waals surface area (Å²) in [6, 6.07) is 0. The lowest BCUT2D eigenvalue weighted by Crippen LogP contribution is -2.15. The van der Waals surface area contributed by atoms with Gasteiger partial charge in [0.25, 0.3) is 0 Å². The average Bonchev–Trinajstić information content (AvgIpc) is 2.31. The zero-order valence-corrected chi connectivity index (χ0v) is 6.39. The predicted molar refractivity (Wildman–Crippen MR) is 40.7 cm³/mol. The van der Waals surface area contributed by atoms with Gasteiger partial charge < -0.3 is 4.74 Å². The van der Waals surface area contributed by atoms with Gasteiger partial charge in [-0.3, -0.25) is 0 Å². The van der Waals surface area contributed by atoms with Gasteiger partial charge in [0.2, 0.25) is 0 Å². The van der Waals surface area contributed by atoms with E-state index in [1.165, 1.54) is 11.9 Å². The number of rotatable bonds is 3. The van der Waals surface area contributed by atoms with E-state index >= 15 is 0 Å². The summed E-state index contributed by atoms with van der Waals surface area (Å²) in [6.45, 7) is 4.76. The minimum absolute atomic E-state index is 0.230. The van der Waals surface area contributed by atoms with Crippen LogP contribution in [0.3, 0.4) is 0 Å². The minimum Gasteiger partial charge on any atom is -0.447 e. The summed E-state index contributed by atoms with van der Waals surface area (Å²) in [6.07, 6.45) is 1.53. The second-order valence-electron chi connectivity index (χ2n) is 1.80. The molecule has 0 aromatic heterocycles. The van der Waals surface area contributed by atoms with Crippen LogP contribution in [0.25, 0.3) is 0 Å². The van der Waals surface area contributed by atoms with Crippen LogP contribution in [0.4, 0.5) is 4.79 Å². The summed E-state index contributed by atoms with van der Waals surface area (Å²) in [4.78, 5) is 10.7. The Hall–Kier alpha value is -0.640. The Kier molecular flexibility index (Phi) is 2.62. The van der Waals surface area contributed by atoms with Gasteiger partial charge in [-0.1, -0.05) is 6.08 Å². The highest BCUT2D eigenvalue weighted by Crippen LogP contribution is 2.15. The fourth-order valence-corrected chi connectivity index (χ4v) is 1.29. The molecule has 56 valence electrons. The van der Waals surface area contributed by atoms with E-state index in [-0.39, 0.29) is 6.09 Å². The molecule has 0 aromatic carbocycles. The van der Waals surface area contributed by atoms with Gasteiger partial charge in [-0.25, -0.2) is 9.10 Å². The maximum atomic E-state index is 10.7. The fraction of sp³-hybridized carbons (Fsp3) is 0.500. The molecule has 10 heavy (non-hydrogen) atoms. The Morgan fingerprint density at radius 3 is 3.20 bits per heavy atom. The van der Waals surface area contributed by atoms with Gasteiger partial charge in [0.1, 0.15) is 6.61 Å². The van der Waals surface area contributed by atoms with Crippen molar-refractivity contribution in [2.75, 3.05) is 18.9 Å². The van der Waals surface area contributed by atoms with Crippen molar-refractivity contribution in [2.45, 2.75) is 0 Å². The Morgan fingerprint density at radius 2 is 2.70 bits per heavy atom. The maximum absolute atomic E-state index is 10.7. The summed E-state index contributed by atoms with van der Waals surface area (Å²) < 4.78 is 6.29. The van der Waals surface area contributed by atoms with Crippen molar-refractivity contribution in [3.8, 4) is 0 Å². The Morgan fingerprint density at radius 1 is 1.90 bits per heavy atom. The molecule has 0 spiro atoms. The smallest absolute Gasteiger partial charge is 0.420 e. The monoisotopic (exact) mass is 159 g/mol. The number of amides is 1. The fourth-order valence-electron chi connectivity index (χ4n) is 0.639. The number of carbonyl (C=O) groups is 1. The Balaban J connectivity index is 2.26. The molecular weight excluding hydrogens is 150 g/mol. The number of nitrogens with zero attached hydrogens (tertiary/aromatic N) is 1. The first-order valence-corrected chi connectivity index (χ1v) is 3.97. The standard InChI is InChI=1S/C6H9NO2S/c1-2-5-10-7-3-4-9-6(7)8/h2H,1,3-5H2. The third kappa shape index (κ3) is 1.67. The molecule has 1 amide bonds. The highest BCUT2D eigenvalue weighted by molar-refractivity contribution is 7.97. The molecule has 0 N–H and O–H groups in total. The molecule has 0 atom stereocenters. The van der Waals surface area contributed by atoms with Crippen LogP contribution in [-0.2, 0) is 4.74 Å². The molecule has 0 unspecified atom stereocenters. The first-order valence-electron chi connectivity index (χ1n) is 3.02. The maximum Gasteiger partial charge on any atom is 0.420 e. The summed E-state index contributed by atoms with van der Waals surface area (Å²) in [7, 11) is 0. The topological polar surface area (TPSA) is 29.5 Å². The first kappa shape index (κ1) is 7.47. The summed E-state index contributed by atoms with van der Waals surface area (Å²) in [5.41, 5.74) is 0. The van der Waals surface area contributed by atoms with Gasteiger partial charge in [0.05, 0.1) is 6.54 Å². The summed E-state index contributed by atoms with van der Waals surface area (Å²) in [5.74, 6) is 0.759. The van der Waals surface area contributed by atoms with Crippen LogP contribution in [0.5, 0.6) is 0 Å². The second kappa shape index (κ2) is 3.51. The normalized spacial score (nSPS) is 17.2. The molecule has 0 aromatic rings. The van der Waals surface area contributed by atoms with Crippen molar-refractivity contribution in [3.05, 3.63) is 12.7 Å². The molecule has 0 bridgehead atoms. The largest absolute Gasteiger partial charge is 0.447 e. The third-order valence-electron chi connectivity index (χ3n) is 1.07. The minimum atomic E-state index is -0.230. The van der Waals surface area contributed by atoms with Crippen LogP contribution in [-0.4, -0.2) is 29.3 Å². The van der Waals surface area contributed by atoms with Gasteiger partial charge in [0.15, 0.2) is 0 Å². The number of hydrogen-bond acceptors (Lipinski definition) is 3. The van der Waals surface area contributed by atoms with Crippen LogP contribution in [0.2, 0.25) is 0 Å². The lowest BCUT2D eigenvalue weighted by atomic mass is 10.7. The number of hydrogen-bond donors (Lipinski definition) is 0. The van der Waals surface area contributed by atoms with E-state index in [1.54, 1.807) is 10.4 Å². The van der Waals surface area contributed by atoms with E-state index in [0.717, 1.165) is 5.75 Å². The van der Waals surface area contributed by atoms with E-state index in [0.29, 0.717) is 13.2 Å². The molecule has 1 heterocycles. The predicted octanol–water partition coefficient (Wildman–Crippen LogP) is 1.27. The van der Waals surface area contributed by atoms with Crippen molar-refractivity contribution >= 4 is 18.0 Å². The first-order chi connectivity index (χ1) is 4.84. The summed E-state index contributed by atoms with van der Waals surface area (Å²) >= 11 is 1.43. The molecule has 0 radical (unpaired) electrons. The highest BCUT2D eigenvalue weighted by Gasteiger charge is 2.21. The van der Waals surface area contributed by atoms with Gasteiger partial charge in [-0.2, -0.15) is 0 Å². The van der Waals surface area contributed by atoms with Crippen LogP contribution in [0.15, 0.2) is 12.7 Å². The van der Waals surface area contributed by atoms with E-state index in [4.69, 9.17) is 4.74 Å². The molecule has 1 saturated heterocycles. The molecule has 1 aliphatic heterocycles. The van der Waals surface area contributed by atoms with Crippen molar-refractivity contribution in [2.24, 2.45) is 0 Å². The molecular formula is C6H9NO2S. The van der Waals surface area contributed by atoms with Gasteiger partial charge >= 0.3 is 6.09 Å². The van der Waals surface area contributed by atoms with E-state index in [9.17, 15) is 4.79 Å². The Bertz CT molecular complexity index is 149. The molecule has 1 fully saturated rings. The molecule has 0 aliphatic carbocycles. The zero-order chi connectivity index (χ0) is 7.40. The lowest BCUT2D eigenvalue weighted by molar-refractivity contribution is 0.171. The quantitative estimate of drug-likeness (QED) is 0.459. The van der Waals surface area contributed by atoms with Crippen molar-refractivity contribution < 1.29 is 9.53 Å². The molecule has 0 saturated carbocycles. The zero-order valence-electron chi connectivity index (χ0n) is 5.58. The highest BCUT2D eigenvalue weighted by atomic mass is 32.2. The van der Waals surface area contributed by atoms with Crippen molar-refractivity contribution in [1.29, 1.82) is 0 Å². The Labute approximate surface area is 64.2 Å². The SMILES string of the molecule is C=CCSN1CCOC1=O. The van der Waals surface area contributed by atoms with E-state index in [2.05, 4.69) is 6.58 Å². The van der Waals surface area contributed by atoms with E-state index < -0.39 is 0 Å². The molecule has 4 heteroatoms. The van der Waals surface area contributed by atoms with Crippen LogP contribution >= 0.6 is 11.9 Å². The molecule has 1 rings (SSSR count). The van der Waals surface area contributed by atoms with E-state index in [1.807, 2.05) is 0 Å². The number of cyclic esters (lactones) is 1. The van der Waals surface area contributed by atoms with Crippen LogP contribution in [0, 0.1) is 0 Å². The number of ether oxygens (including phenoxy) is 1. The average molecular weight is 159 g/mol. The molecule has 3 nitrogen and oxygen atoms in total. The third-order valence-corrected chi connectivity index (χ3v) is 2.10. The second-order valence-corrected chi connectivity index (χ2v) is 2.83. The number of carbonyl (C=O) groups excluding carboxylic acids is 1. The van der Waals surface area contributed by atoms with Crippen molar-refractivity contribution in [1.82, 2.24) is 4.31 Å². The van der Waals surface area contributed by atoms with Gasteiger partial charge in [-0.05, 0) is 11.9 Å². The van der Waals surface area contributed by atoms with Crippen LogP contribution in [0.1, 0.15) is 0 Å². The molecule has 1 aliphatic rings. The van der Waals surface area contributed by atoms with Crippen LogP contribution < -0.4 is 0 Å². The van der Waals surface area contributed by atoms with Gasteiger partial charge in [0, 0.05) is 5.75 Å². The summed E-state index contributed by atoms with van der Waals surface area (Å²) in [5, 5.41) is 0. The van der Waals surface area contributed by atoms with Gasteiger partial charge in [-0.15, -0.1) is 6.58 Å².